The number of nitrogens with zero attached hydrogens (tertiary/aromatic N) is 1. The van der Waals surface area contributed by atoms with Crippen LogP contribution in [0.4, 0.5) is 5.00 Å². The minimum absolute atomic E-state index is 0.109. The van der Waals surface area contributed by atoms with Gasteiger partial charge in [-0.05, 0) is 88.6 Å². The highest BCUT2D eigenvalue weighted by Crippen LogP contribution is 2.36. The van der Waals surface area contributed by atoms with E-state index in [0.29, 0.717) is 27.7 Å². The molecule has 3 aromatic rings. The summed E-state index contributed by atoms with van der Waals surface area (Å²) in [6.07, 6.45) is 5.75. The van der Waals surface area contributed by atoms with Gasteiger partial charge >= 0.3 is 11.9 Å². The fraction of sp³-hybridized carbons (Fsp3) is 0.483. The van der Waals surface area contributed by atoms with Crippen LogP contribution in [-0.2, 0) is 22.4 Å². The van der Waals surface area contributed by atoms with Gasteiger partial charge in [0.25, 0.3) is 5.91 Å². The highest BCUT2D eigenvalue weighted by molar-refractivity contribution is 7.18. The van der Waals surface area contributed by atoms with Crippen molar-refractivity contribution in [2.75, 3.05) is 11.9 Å². The van der Waals surface area contributed by atoms with Gasteiger partial charge in [0.15, 0.2) is 0 Å². The van der Waals surface area contributed by atoms with Crippen LogP contribution in [0.3, 0.4) is 0 Å². The molecule has 0 unspecified atom stereocenters. The highest BCUT2D eigenvalue weighted by Gasteiger charge is 2.30. The SMILES string of the molecule is CCOC(=O)c1c(NC(=O)c2c(C)c3cc(CC)ccc3n2CC)sc(C(=O)OC2CCCCC2)c1C. The van der Waals surface area contributed by atoms with Crippen LogP contribution < -0.4 is 5.32 Å². The summed E-state index contributed by atoms with van der Waals surface area (Å²) in [6.45, 7) is 10.3. The van der Waals surface area contributed by atoms with Crippen molar-refractivity contribution in [2.45, 2.75) is 85.8 Å². The molecule has 0 spiro atoms. The molecule has 1 aliphatic rings. The Morgan fingerprint density at radius 2 is 1.76 bits per heavy atom. The van der Waals surface area contributed by atoms with E-state index in [1.165, 1.54) is 5.56 Å². The second kappa shape index (κ2) is 11.5. The molecular formula is C29H36N2O5S. The number of aryl methyl sites for hydroxylation is 3. The van der Waals surface area contributed by atoms with E-state index in [1.807, 2.05) is 18.4 Å². The van der Waals surface area contributed by atoms with Gasteiger partial charge in [-0.15, -0.1) is 11.3 Å². The highest BCUT2D eigenvalue weighted by atomic mass is 32.1. The first kappa shape index (κ1) is 26.9. The average Bonchev–Trinajstić information content (AvgIpc) is 3.37. The van der Waals surface area contributed by atoms with Gasteiger partial charge in [0.05, 0.1) is 12.2 Å². The number of carbonyl (C=O) groups is 3. The minimum atomic E-state index is -0.566. The van der Waals surface area contributed by atoms with E-state index < -0.39 is 11.9 Å². The number of ether oxygens (including phenoxy) is 2. The zero-order valence-corrected chi connectivity index (χ0v) is 23.2. The van der Waals surface area contributed by atoms with E-state index in [1.54, 1.807) is 13.8 Å². The van der Waals surface area contributed by atoms with Crippen molar-refractivity contribution < 1.29 is 23.9 Å². The summed E-state index contributed by atoms with van der Waals surface area (Å²) in [5.41, 5.74) is 4.30. The maximum absolute atomic E-state index is 13.7. The van der Waals surface area contributed by atoms with Crippen molar-refractivity contribution in [1.29, 1.82) is 0 Å². The van der Waals surface area contributed by atoms with E-state index in [2.05, 4.69) is 30.4 Å². The van der Waals surface area contributed by atoms with Crippen LogP contribution in [0, 0.1) is 13.8 Å². The number of esters is 2. The largest absolute Gasteiger partial charge is 0.462 e. The zero-order chi connectivity index (χ0) is 26.7. The van der Waals surface area contributed by atoms with Crippen LogP contribution in [-0.4, -0.2) is 35.1 Å². The molecule has 1 saturated carbocycles. The molecule has 1 N–H and O–H groups in total. The Labute approximate surface area is 222 Å². The number of benzene rings is 1. The number of anilines is 1. The molecule has 0 radical (unpaired) electrons. The van der Waals surface area contributed by atoms with Gasteiger partial charge in [-0.3, -0.25) is 4.79 Å². The average molecular weight is 525 g/mol. The summed E-state index contributed by atoms with van der Waals surface area (Å²) in [4.78, 5) is 40.0. The van der Waals surface area contributed by atoms with Crippen molar-refractivity contribution in [3.63, 3.8) is 0 Å². The zero-order valence-electron chi connectivity index (χ0n) is 22.4. The summed E-state index contributed by atoms with van der Waals surface area (Å²) in [5.74, 6) is -1.34. The Morgan fingerprint density at radius 1 is 1.03 bits per heavy atom. The predicted molar refractivity (Wildman–Crippen MR) is 147 cm³/mol. The van der Waals surface area contributed by atoms with Crippen molar-refractivity contribution in [1.82, 2.24) is 4.57 Å². The number of aromatic nitrogens is 1. The molecule has 8 heteroatoms. The lowest BCUT2D eigenvalue weighted by Crippen LogP contribution is -2.21. The Morgan fingerprint density at radius 3 is 2.41 bits per heavy atom. The van der Waals surface area contributed by atoms with Crippen LogP contribution >= 0.6 is 11.3 Å². The van der Waals surface area contributed by atoms with Gasteiger partial charge in [-0.2, -0.15) is 0 Å². The molecule has 0 saturated heterocycles. The van der Waals surface area contributed by atoms with Crippen LogP contribution in [0.1, 0.15) is 100 Å². The van der Waals surface area contributed by atoms with Gasteiger partial charge in [0.1, 0.15) is 21.7 Å². The van der Waals surface area contributed by atoms with Crippen molar-refractivity contribution in [3.05, 3.63) is 51.0 Å². The van der Waals surface area contributed by atoms with Crippen molar-refractivity contribution in [2.24, 2.45) is 0 Å². The summed E-state index contributed by atoms with van der Waals surface area (Å²) in [6, 6.07) is 6.27. The number of amides is 1. The topological polar surface area (TPSA) is 86.6 Å². The molecule has 1 aliphatic carbocycles. The standard InChI is InChI=1S/C29H36N2O5S/c1-6-19-14-15-22-21(16-19)17(4)24(31(22)7-2)26(32)30-27-23(28(33)35-8-3)18(5)25(37-27)29(34)36-20-12-10-9-11-13-20/h14-16,20H,6-13H2,1-5H3,(H,30,32). The van der Waals surface area contributed by atoms with E-state index in [0.717, 1.165) is 66.3 Å². The fourth-order valence-electron chi connectivity index (χ4n) is 5.21. The number of hydrogen-bond acceptors (Lipinski definition) is 6. The Hall–Kier alpha value is -3.13. The minimum Gasteiger partial charge on any atom is -0.462 e. The maximum atomic E-state index is 13.7. The molecule has 1 amide bonds. The molecule has 2 aromatic heterocycles. The summed E-state index contributed by atoms with van der Waals surface area (Å²) >= 11 is 1.08. The summed E-state index contributed by atoms with van der Waals surface area (Å²) < 4.78 is 13.0. The number of nitrogens with one attached hydrogen (secondary N) is 1. The molecule has 0 aliphatic heterocycles. The van der Waals surface area contributed by atoms with E-state index in [4.69, 9.17) is 9.47 Å². The molecule has 1 fully saturated rings. The quantitative estimate of drug-likeness (QED) is 0.327. The summed E-state index contributed by atoms with van der Waals surface area (Å²) in [7, 11) is 0. The Bertz CT molecular complexity index is 1330. The number of hydrogen-bond donors (Lipinski definition) is 1. The lowest BCUT2D eigenvalue weighted by atomic mass is 9.98. The smallest absolute Gasteiger partial charge is 0.348 e. The molecule has 0 bridgehead atoms. The molecule has 37 heavy (non-hydrogen) atoms. The molecule has 2 heterocycles. The van der Waals surface area contributed by atoms with Gasteiger partial charge in [0, 0.05) is 17.4 Å². The fourth-order valence-corrected chi connectivity index (χ4v) is 6.28. The summed E-state index contributed by atoms with van der Waals surface area (Å²) in [5, 5.41) is 4.28. The van der Waals surface area contributed by atoms with Gasteiger partial charge in [-0.1, -0.05) is 19.4 Å². The van der Waals surface area contributed by atoms with Gasteiger partial charge in [0.2, 0.25) is 0 Å². The van der Waals surface area contributed by atoms with E-state index in [-0.39, 0.29) is 24.2 Å². The third-order valence-electron chi connectivity index (χ3n) is 7.19. The Kier molecular flexibility index (Phi) is 8.37. The lowest BCUT2D eigenvalue weighted by molar-refractivity contribution is 0.0216. The number of thiophene rings is 1. The van der Waals surface area contributed by atoms with Crippen molar-refractivity contribution >= 4 is 45.1 Å². The third-order valence-corrected chi connectivity index (χ3v) is 8.37. The van der Waals surface area contributed by atoms with Crippen LogP contribution in [0.5, 0.6) is 0 Å². The van der Waals surface area contributed by atoms with Crippen molar-refractivity contribution in [3.8, 4) is 0 Å². The first-order chi connectivity index (χ1) is 17.8. The lowest BCUT2D eigenvalue weighted by Gasteiger charge is -2.21. The molecular weight excluding hydrogens is 488 g/mol. The normalized spacial score (nSPS) is 14.1. The number of carbonyl (C=O) groups excluding carboxylic acids is 3. The molecule has 7 nitrogen and oxygen atoms in total. The Balaban J connectivity index is 1.71. The van der Waals surface area contributed by atoms with Crippen LogP contribution in [0.2, 0.25) is 0 Å². The van der Waals surface area contributed by atoms with E-state index >= 15 is 0 Å². The van der Waals surface area contributed by atoms with E-state index in [9.17, 15) is 14.4 Å². The molecule has 4 rings (SSSR count). The van der Waals surface area contributed by atoms with Crippen LogP contribution in [0.25, 0.3) is 10.9 Å². The first-order valence-electron chi connectivity index (χ1n) is 13.2. The van der Waals surface area contributed by atoms with Crippen LogP contribution in [0.15, 0.2) is 18.2 Å². The number of fused-ring (bicyclic) bond motifs is 1. The molecule has 198 valence electrons. The van der Waals surface area contributed by atoms with Gasteiger partial charge in [-0.25, -0.2) is 9.59 Å². The predicted octanol–water partition coefficient (Wildman–Crippen LogP) is 6.82. The molecule has 1 aromatic carbocycles. The molecule has 0 atom stereocenters. The third kappa shape index (κ3) is 5.30. The monoisotopic (exact) mass is 524 g/mol. The van der Waals surface area contributed by atoms with Gasteiger partial charge < -0.3 is 19.4 Å². The first-order valence-corrected chi connectivity index (χ1v) is 14.1. The second-order valence-corrected chi connectivity index (χ2v) is 10.5. The second-order valence-electron chi connectivity index (χ2n) is 9.52. The number of rotatable bonds is 8. The maximum Gasteiger partial charge on any atom is 0.348 e.